The van der Waals surface area contributed by atoms with E-state index >= 15 is 0 Å². The number of hydrogen-bond donors (Lipinski definition) is 2. The molecule has 0 heterocycles. The number of carbonyl (C=O) groups is 1. The summed E-state index contributed by atoms with van der Waals surface area (Å²) in [6.07, 6.45) is 61.8. The SMILES string of the molecule is CCCCCCC/C=C\C/C=C\C/C=C\CCCCCCCCCCCCCCCCCCC(=O)NC(COP(=O)([O-])OCC[N+](C)(C)C)C(O)CCCCCCCCCCCCCCC. The number of phosphoric ester groups is 1. The van der Waals surface area contributed by atoms with Gasteiger partial charge in [0.25, 0.3) is 7.82 Å². The van der Waals surface area contributed by atoms with Crippen molar-refractivity contribution in [1.29, 1.82) is 0 Å². The maximum absolute atomic E-state index is 13.0. The first-order valence-corrected chi connectivity index (χ1v) is 29.8. The van der Waals surface area contributed by atoms with E-state index in [1.807, 2.05) is 21.1 Å². The highest BCUT2D eigenvalue weighted by Gasteiger charge is 2.24. The molecule has 0 saturated heterocycles. The minimum absolute atomic E-state index is 0.0131. The van der Waals surface area contributed by atoms with Crippen molar-refractivity contribution in [2.45, 2.75) is 283 Å². The normalized spacial score (nSPS) is 14.2. The molecule has 3 unspecified atom stereocenters. The fraction of sp³-hybridized carbons (Fsp3) is 0.877. The number of phosphoric acid groups is 1. The topological polar surface area (TPSA) is 108 Å². The predicted molar refractivity (Wildman–Crippen MR) is 284 cm³/mol. The maximum atomic E-state index is 13.0. The number of aliphatic hydroxyl groups excluding tert-OH is 1. The molecular weight excluding hydrogens is 840 g/mol. The highest BCUT2D eigenvalue weighted by atomic mass is 31.2. The van der Waals surface area contributed by atoms with Gasteiger partial charge in [-0.2, -0.15) is 0 Å². The molecule has 8 nitrogen and oxygen atoms in total. The molecule has 0 saturated carbocycles. The highest BCUT2D eigenvalue weighted by molar-refractivity contribution is 7.45. The molecule has 390 valence electrons. The van der Waals surface area contributed by atoms with Gasteiger partial charge in [-0.3, -0.25) is 9.36 Å². The van der Waals surface area contributed by atoms with Crippen molar-refractivity contribution in [3.05, 3.63) is 36.5 Å². The van der Waals surface area contributed by atoms with Gasteiger partial charge in [0.15, 0.2) is 0 Å². The van der Waals surface area contributed by atoms with Crippen molar-refractivity contribution in [2.75, 3.05) is 40.9 Å². The third-order valence-electron chi connectivity index (χ3n) is 12.9. The van der Waals surface area contributed by atoms with Gasteiger partial charge >= 0.3 is 0 Å². The van der Waals surface area contributed by atoms with Crippen LogP contribution in [0.4, 0.5) is 0 Å². The lowest BCUT2D eigenvalue weighted by molar-refractivity contribution is -0.870. The number of nitrogens with zero attached hydrogens (tertiary/aromatic N) is 1. The van der Waals surface area contributed by atoms with Crippen molar-refractivity contribution in [3.63, 3.8) is 0 Å². The smallest absolute Gasteiger partial charge is 0.268 e. The number of rotatable bonds is 52. The molecule has 0 aromatic carbocycles. The molecule has 2 N–H and O–H groups in total. The Morgan fingerprint density at radius 2 is 0.879 bits per heavy atom. The van der Waals surface area contributed by atoms with Crippen LogP contribution in [-0.2, 0) is 18.4 Å². The third-order valence-corrected chi connectivity index (χ3v) is 13.8. The van der Waals surface area contributed by atoms with Crippen LogP contribution in [0.2, 0.25) is 0 Å². The molecule has 0 aromatic heterocycles. The van der Waals surface area contributed by atoms with Crippen LogP contribution in [-0.4, -0.2) is 68.5 Å². The van der Waals surface area contributed by atoms with Crippen molar-refractivity contribution in [1.82, 2.24) is 5.32 Å². The molecule has 0 aliphatic heterocycles. The third kappa shape index (κ3) is 50.6. The van der Waals surface area contributed by atoms with Gasteiger partial charge in [-0.15, -0.1) is 0 Å². The number of unbranched alkanes of at least 4 members (excludes halogenated alkanes) is 33. The second-order valence-corrected chi connectivity index (χ2v) is 22.1. The molecule has 3 atom stereocenters. The largest absolute Gasteiger partial charge is 0.756 e. The van der Waals surface area contributed by atoms with E-state index in [0.29, 0.717) is 23.9 Å². The second-order valence-electron chi connectivity index (χ2n) is 20.6. The van der Waals surface area contributed by atoms with Gasteiger partial charge in [0.05, 0.1) is 39.9 Å². The lowest BCUT2D eigenvalue weighted by Crippen LogP contribution is -2.46. The van der Waals surface area contributed by atoms with Gasteiger partial charge in [-0.1, -0.05) is 249 Å². The minimum Gasteiger partial charge on any atom is -0.756 e. The molecule has 0 spiro atoms. The Hall–Kier alpha value is -1.28. The Bertz CT molecular complexity index is 1170. The van der Waals surface area contributed by atoms with Crippen molar-refractivity contribution in [3.8, 4) is 0 Å². The molecule has 0 fully saturated rings. The molecule has 9 heteroatoms. The number of likely N-dealkylation sites (N-methyl/N-ethyl adjacent to an activating group) is 1. The Morgan fingerprint density at radius 1 is 0.530 bits per heavy atom. The number of quaternary nitrogens is 1. The first-order valence-electron chi connectivity index (χ1n) is 28.3. The van der Waals surface area contributed by atoms with E-state index in [1.165, 1.54) is 193 Å². The summed E-state index contributed by atoms with van der Waals surface area (Å²) in [6.45, 7) is 4.73. The van der Waals surface area contributed by atoms with Gasteiger partial charge in [-0.05, 0) is 51.4 Å². The molecule has 66 heavy (non-hydrogen) atoms. The molecule has 0 radical (unpaired) electrons. The average molecular weight is 951 g/mol. The van der Waals surface area contributed by atoms with Gasteiger partial charge in [0.1, 0.15) is 13.2 Å². The number of nitrogens with one attached hydrogen (secondary N) is 1. The Morgan fingerprint density at radius 3 is 1.27 bits per heavy atom. The first kappa shape index (κ1) is 64.7. The summed E-state index contributed by atoms with van der Waals surface area (Å²) in [5, 5.41) is 14.0. The molecule has 0 rings (SSSR count). The number of hydrogen-bond acceptors (Lipinski definition) is 6. The molecule has 1 amide bonds. The quantitative estimate of drug-likeness (QED) is 0.0272. The van der Waals surface area contributed by atoms with Crippen molar-refractivity contribution >= 4 is 13.7 Å². The molecule has 0 bridgehead atoms. The molecule has 0 aliphatic rings. The van der Waals surface area contributed by atoms with Gasteiger partial charge < -0.3 is 28.8 Å². The van der Waals surface area contributed by atoms with Crippen LogP contribution < -0.4 is 10.2 Å². The monoisotopic (exact) mass is 951 g/mol. The summed E-state index contributed by atoms with van der Waals surface area (Å²) in [5.74, 6) is -0.163. The zero-order valence-corrected chi connectivity index (χ0v) is 45.3. The van der Waals surface area contributed by atoms with Crippen molar-refractivity contribution in [2.24, 2.45) is 0 Å². The fourth-order valence-electron chi connectivity index (χ4n) is 8.40. The predicted octanol–water partition coefficient (Wildman–Crippen LogP) is 16.4. The zero-order chi connectivity index (χ0) is 48.5. The van der Waals surface area contributed by atoms with E-state index in [-0.39, 0.29) is 19.1 Å². The Kier molecular flexibility index (Phi) is 47.8. The van der Waals surface area contributed by atoms with E-state index in [2.05, 4.69) is 55.6 Å². The summed E-state index contributed by atoms with van der Waals surface area (Å²) >= 11 is 0. The number of amides is 1. The fourth-order valence-corrected chi connectivity index (χ4v) is 9.12. The summed E-state index contributed by atoms with van der Waals surface area (Å²) < 4.78 is 23.4. The second kappa shape index (κ2) is 48.7. The lowest BCUT2D eigenvalue weighted by atomic mass is 10.0. The molecule has 0 aliphatic carbocycles. The number of aliphatic hydroxyl groups is 1. The molecular formula is C57H111N2O6P. The van der Waals surface area contributed by atoms with E-state index in [4.69, 9.17) is 9.05 Å². The minimum atomic E-state index is -4.57. The van der Waals surface area contributed by atoms with E-state index < -0.39 is 20.0 Å². The standard InChI is InChI=1S/C57H111N2O6P/c1-6-8-10-12-14-16-18-20-21-22-23-24-25-26-27-28-29-30-31-32-33-34-35-36-37-39-41-43-45-47-49-51-57(61)58-55(54-65-66(62,63)64-53-52-59(3,4)5)56(60)50-48-46-44-42-40-38-19-17-15-13-11-9-7-2/h18,20,22-23,25-26,55-56,60H,6-17,19,21,24,27-54H2,1-5H3,(H-,58,61,62,63)/b20-18-,23-22-,26-25-. The Balaban J connectivity index is 4.03. The van der Waals surface area contributed by atoms with Crippen LogP contribution in [0.1, 0.15) is 271 Å². The van der Waals surface area contributed by atoms with E-state index in [9.17, 15) is 19.4 Å². The summed E-state index contributed by atoms with van der Waals surface area (Å²) in [6, 6.07) is -0.799. The Labute approximate surface area is 410 Å². The van der Waals surface area contributed by atoms with Crippen molar-refractivity contribution < 1.29 is 32.9 Å². The summed E-state index contributed by atoms with van der Waals surface area (Å²) in [4.78, 5) is 25.5. The van der Waals surface area contributed by atoms with Gasteiger partial charge in [-0.25, -0.2) is 0 Å². The van der Waals surface area contributed by atoms with Gasteiger partial charge in [0, 0.05) is 6.42 Å². The van der Waals surface area contributed by atoms with Crippen LogP contribution in [0.3, 0.4) is 0 Å². The lowest BCUT2D eigenvalue weighted by Gasteiger charge is -2.30. The zero-order valence-electron chi connectivity index (χ0n) is 44.4. The van der Waals surface area contributed by atoms with Crippen LogP contribution >= 0.6 is 7.82 Å². The average Bonchev–Trinajstić information content (AvgIpc) is 3.28. The first-order chi connectivity index (χ1) is 32.0. The highest BCUT2D eigenvalue weighted by Crippen LogP contribution is 2.38. The van der Waals surface area contributed by atoms with Crippen LogP contribution in [0.25, 0.3) is 0 Å². The van der Waals surface area contributed by atoms with Gasteiger partial charge in [0.2, 0.25) is 5.91 Å². The van der Waals surface area contributed by atoms with Crippen LogP contribution in [0, 0.1) is 0 Å². The number of carbonyl (C=O) groups excluding carboxylic acids is 1. The summed E-state index contributed by atoms with van der Waals surface area (Å²) in [5.41, 5.74) is 0. The maximum Gasteiger partial charge on any atom is 0.268 e. The van der Waals surface area contributed by atoms with Crippen LogP contribution in [0.15, 0.2) is 36.5 Å². The summed E-state index contributed by atoms with van der Waals surface area (Å²) in [7, 11) is 1.31. The van der Waals surface area contributed by atoms with E-state index in [0.717, 1.165) is 51.4 Å². The molecule has 0 aromatic rings. The van der Waals surface area contributed by atoms with E-state index in [1.54, 1.807) is 0 Å². The number of allylic oxidation sites excluding steroid dienone is 6. The van der Waals surface area contributed by atoms with Crippen LogP contribution in [0.5, 0.6) is 0 Å².